The van der Waals surface area contributed by atoms with Crippen LogP contribution in [0.4, 0.5) is 0 Å². The molecule has 1 aliphatic heterocycles. The molecule has 1 fully saturated rings. The number of hydrogen-bond donors (Lipinski definition) is 0. The topological polar surface area (TPSA) is 29.8 Å². The van der Waals surface area contributed by atoms with Crippen LogP contribution < -0.4 is 0 Å². The normalized spacial score (nSPS) is 21.2. The van der Waals surface area contributed by atoms with Crippen LogP contribution in [0, 0.1) is 6.92 Å². The predicted molar refractivity (Wildman–Crippen MR) is 51.3 cm³/mol. The summed E-state index contributed by atoms with van der Waals surface area (Å²) in [4.78, 5) is 5.57. The first kappa shape index (κ1) is 7.53. The van der Waals surface area contributed by atoms with Crippen LogP contribution in [0.5, 0.6) is 0 Å². The van der Waals surface area contributed by atoms with E-state index < -0.39 is 0 Å². The number of hydrogen-bond acceptors (Lipinski definition) is 3. The third-order valence-corrected chi connectivity index (χ3v) is 3.14. The summed E-state index contributed by atoms with van der Waals surface area (Å²) in [6.45, 7) is 2.98. The first-order valence-corrected chi connectivity index (χ1v) is 5.25. The second kappa shape index (κ2) is 2.56. The molecule has 0 bridgehead atoms. The number of ether oxygens (including phenoxy) is 1. The Morgan fingerprint density at radius 3 is 3.38 bits per heavy atom. The molecule has 3 nitrogen and oxygen atoms in total. The van der Waals surface area contributed by atoms with Crippen LogP contribution in [0.1, 0.15) is 11.4 Å². The highest BCUT2D eigenvalue weighted by atomic mass is 32.1. The maximum Gasteiger partial charge on any atom is 0.194 e. The zero-order chi connectivity index (χ0) is 8.84. The molecule has 0 N–H and O–H groups in total. The maximum absolute atomic E-state index is 5.22. The molecule has 68 valence electrons. The molecule has 2 aromatic heterocycles. The highest BCUT2D eigenvalue weighted by Gasteiger charge is 2.25. The zero-order valence-corrected chi connectivity index (χ0v) is 8.17. The number of rotatable bonds is 2. The zero-order valence-electron chi connectivity index (χ0n) is 7.36. The van der Waals surface area contributed by atoms with Crippen molar-refractivity contribution in [2.24, 2.45) is 0 Å². The fourth-order valence-corrected chi connectivity index (χ4v) is 2.37. The van der Waals surface area contributed by atoms with E-state index in [1.807, 2.05) is 0 Å². The number of thiazole rings is 1. The van der Waals surface area contributed by atoms with Crippen molar-refractivity contribution in [1.82, 2.24) is 9.38 Å². The standard InChI is InChI=1S/C9H10N2OS/c1-6-8(4-7-5-12-7)11-2-3-13-9(11)10-6/h2-3,7H,4-5H2,1H3. The van der Waals surface area contributed by atoms with Gasteiger partial charge in [-0.3, -0.25) is 4.40 Å². The molecule has 0 radical (unpaired) electrons. The molecule has 3 heterocycles. The van der Waals surface area contributed by atoms with Crippen molar-refractivity contribution in [2.45, 2.75) is 19.4 Å². The minimum absolute atomic E-state index is 0.443. The average Bonchev–Trinajstić information content (AvgIpc) is 2.74. The Labute approximate surface area is 80.0 Å². The Bertz CT molecular complexity index is 441. The molecule has 2 aromatic rings. The Morgan fingerprint density at radius 2 is 2.62 bits per heavy atom. The van der Waals surface area contributed by atoms with E-state index in [1.54, 1.807) is 11.3 Å². The van der Waals surface area contributed by atoms with E-state index in [1.165, 1.54) is 5.69 Å². The van der Waals surface area contributed by atoms with Gasteiger partial charge in [0.2, 0.25) is 0 Å². The Kier molecular flexibility index (Phi) is 1.48. The van der Waals surface area contributed by atoms with Gasteiger partial charge in [0, 0.05) is 23.7 Å². The Balaban J connectivity index is 2.11. The van der Waals surface area contributed by atoms with Gasteiger partial charge in [-0.2, -0.15) is 0 Å². The maximum atomic E-state index is 5.22. The van der Waals surface area contributed by atoms with Crippen molar-refractivity contribution in [1.29, 1.82) is 0 Å². The molecule has 1 atom stereocenters. The van der Waals surface area contributed by atoms with Crippen LogP contribution in [-0.4, -0.2) is 22.1 Å². The van der Waals surface area contributed by atoms with Crippen LogP contribution >= 0.6 is 11.3 Å². The van der Waals surface area contributed by atoms with Crippen molar-refractivity contribution in [3.8, 4) is 0 Å². The van der Waals surface area contributed by atoms with Gasteiger partial charge in [-0.15, -0.1) is 11.3 Å². The molecule has 0 spiro atoms. The summed E-state index contributed by atoms with van der Waals surface area (Å²) in [7, 11) is 0. The minimum Gasteiger partial charge on any atom is -0.373 e. The van der Waals surface area contributed by atoms with Crippen molar-refractivity contribution < 1.29 is 4.74 Å². The number of imidazole rings is 1. The lowest BCUT2D eigenvalue weighted by atomic mass is 10.2. The van der Waals surface area contributed by atoms with Gasteiger partial charge >= 0.3 is 0 Å². The summed E-state index contributed by atoms with van der Waals surface area (Å²) in [5.74, 6) is 0. The lowest BCUT2D eigenvalue weighted by Crippen LogP contribution is -1.98. The first-order chi connectivity index (χ1) is 6.34. The molecular formula is C9H10N2OS. The lowest BCUT2D eigenvalue weighted by Gasteiger charge is -1.96. The molecule has 1 saturated heterocycles. The smallest absolute Gasteiger partial charge is 0.194 e. The van der Waals surface area contributed by atoms with E-state index >= 15 is 0 Å². The monoisotopic (exact) mass is 194 g/mol. The molecule has 13 heavy (non-hydrogen) atoms. The SMILES string of the molecule is Cc1nc2sccn2c1CC1CO1. The molecule has 4 heteroatoms. The Morgan fingerprint density at radius 1 is 1.77 bits per heavy atom. The van der Waals surface area contributed by atoms with Gasteiger partial charge in [0.25, 0.3) is 0 Å². The van der Waals surface area contributed by atoms with Gasteiger partial charge in [-0.25, -0.2) is 4.98 Å². The van der Waals surface area contributed by atoms with Gasteiger partial charge in [-0.05, 0) is 6.92 Å². The Hall–Kier alpha value is -0.870. The van der Waals surface area contributed by atoms with Crippen LogP contribution in [0.3, 0.4) is 0 Å². The van der Waals surface area contributed by atoms with Gasteiger partial charge < -0.3 is 4.74 Å². The van der Waals surface area contributed by atoms with Crippen molar-refractivity contribution >= 4 is 16.3 Å². The van der Waals surface area contributed by atoms with Gasteiger partial charge in [-0.1, -0.05) is 0 Å². The van der Waals surface area contributed by atoms with Crippen molar-refractivity contribution in [2.75, 3.05) is 6.61 Å². The second-order valence-electron chi connectivity index (χ2n) is 3.36. The average molecular weight is 194 g/mol. The molecule has 1 unspecified atom stereocenters. The molecule has 3 rings (SSSR count). The molecule has 0 aromatic carbocycles. The van der Waals surface area contributed by atoms with Gasteiger partial charge in [0.05, 0.1) is 18.4 Å². The number of aryl methyl sites for hydroxylation is 1. The van der Waals surface area contributed by atoms with Gasteiger partial charge in [0.1, 0.15) is 0 Å². The van der Waals surface area contributed by atoms with E-state index in [0.29, 0.717) is 6.10 Å². The molecule has 1 aliphatic rings. The van der Waals surface area contributed by atoms with Crippen LogP contribution in [0.2, 0.25) is 0 Å². The fourth-order valence-electron chi connectivity index (χ4n) is 1.59. The van der Waals surface area contributed by atoms with E-state index in [0.717, 1.165) is 23.7 Å². The summed E-state index contributed by atoms with van der Waals surface area (Å²) < 4.78 is 7.39. The quantitative estimate of drug-likeness (QED) is 0.680. The third-order valence-electron chi connectivity index (χ3n) is 2.38. The second-order valence-corrected chi connectivity index (χ2v) is 4.23. The van der Waals surface area contributed by atoms with E-state index in [2.05, 4.69) is 27.9 Å². The molecular weight excluding hydrogens is 184 g/mol. The van der Waals surface area contributed by atoms with E-state index in [9.17, 15) is 0 Å². The number of fused-ring (bicyclic) bond motifs is 1. The summed E-state index contributed by atoms with van der Waals surface area (Å²) in [6, 6.07) is 0. The summed E-state index contributed by atoms with van der Waals surface area (Å²) in [5.41, 5.74) is 2.45. The van der Waals surface area contributed by atoms with Gasteiger partial charge in [0.15, 0.2) is 4.96 Å². The number of nitrogens with zero attached hydrogens (tertiary/aromatic N) is 2. The lowest BCUT2D eigenvalue weighted by molar-refractivity contribution is 0.405. The van der Waals surface area contributed by atoms with Crippen LogP contribution in [-0.2, 0) is 11.2 Å². The van der Waals surface area contributed by atoms with Crippen molar-refractivity contribution in [3.05, 3.63) is 23.0 Å². The van der Waals surface area contributed by atoms with E-state index in [-0.39, 0.29) is 0 Å². The first-order valence-electron chi connectivity index (χ1n) is 4.37. The van der Waals surface area contributed by atoms with E-state index in [4.69, 9.17) is 4.74 Å². The molecule has 0 aliphatic carbocycles. The summed E-state index contributed by atoms with van der Waals surface area (Å²) in [6.07, 6.45) is 3.53. The highest BCUT2D eigenvalue weighted by molar-refractivity contribution is 7.15. The van der Waals surface area contributed by atoms with Crippen molar-refractivity contribution in [3.63, 3.8) is 0 Å². The fraction of sp³-hybridized carbons (Fsp3) is 0.444. The summed E-state index contributed by atoms with van der Waals surface area (Å²) >= 11 is 1.68. The molecule has 0 saturated carbocycles. The highest BCUT2D eigenvalue weighted by Crippen LogP contribution is 2.22. The number of epoxide rings is 1. The predicted octanol–water partition coefficient (Wildman–Crippen LogP) is 1.65. The van der Waals surface area contributed by atoms with Crippen LogP contribution in [0.25, 0.3) is 4.96 Å². The summed E-state index contributed by atoms with van der Waals surface area (Å²) in [5, 5.41) is 2.07. The third kappa shape index (κ3) is 1.17. The number of aromatic nitrogens is 2. The molecule has 0 amide bonds. The van der Waals surface area contributed by atoms with Crippen LogP contribution in [0.15, 0.2) is 11.6 Å². The largest absolute Gasteiger partial charge is 0.373 e. The minimum atomic E-state index is 0.443.